The zero-order chi connectivity index (χ0) is 11.4. The highest BCUT2D eigenvalue weighted by Crippen LogP contribution is 2.21. The van der Waals surface area contributed by atoms with Crippen molar-refractivity contribution < 1.29 is 14.2 Å². The summed E-state index contributed by atoms with van der Waals surface area (Å²) >= 11 is 0. The summed E-state index contributed by atoms with van der Waals surface area (Å²) in [4.78, 5) is 0. The van der Waals surface area contributed by atoms with Crippen molar-refractivity contribution in [2.75, 3.05) is 6.61 Å². The van der Waals surface area contributed by atoms with Crippen LogP contribution in [0.3, 0.4) is 0 Å². The van der Waals surface area contributed by atoms with Crippen LogP contribution >= 0.6 is 0 Å². The summed E-state index contributed by atoms with van der Waals surface area (Å²) in [5.41, 5.74) is 0.536. The quantitative estimate of drug-likeness (QED) is 0.831. The molecule has 2 nitrogen and oxygen atoms in total. The van der Waals surface area contributed by atoms with E-state index in [0.29, 0.717) is 23.8 Å². The van der Waals surface area contributed by atoms with E-state index in [0.717, 1.165) is 0 Å². The molecule has 0 fully saturated rings. The molecule has 1 aromatic rings. The van der Waals surface area contributed by atoms with Crippen molar-refractivity contribution in [2.45, 2.75) is 26.9 Å². The lowest BCUT2D eigenvalue weighted by Gasteiger charge is -2.11. The van der Waals surface area contributed by atoms with Crippen LogP contribution in [0.25, 0.3) is 0 Å². The van der Waals surface area contributed by atoms with E-state index in [2.05, 4.69) is 0 Å². The van der Waals surface area contributed by atoms with E-state index in [1.165, 1.54) is 12.1 Å². The first-order valence-electron chi connectivity index (χ1n) is 5.10. The molecule has 0 bridgehead atoms. The predicted octanol–water partition coefficient (Wildman–Crippen LogP) is 2.91. The molecule has 1 aromatic carbocycles. The van der Waals surface area contributed by atoms with E-state index in [9.17, 15) is 9.50 Å². The van der Waals surface area contributed by atoms with Crippen LogP contribution in [0.2, 0.25) is 0 Å². The molecule has 0 aromatic heterocycles. The van der Waals surface area contributed by atoms with E-state index in [1.54, 1.807) is 13.0 Å². The number of hydrogen-bond donors (Lipinski definition) is 1. The van der Waals surface area contributed by atoms with Crippen molar-refractivity contribution >= 4 is 0 Å². The van der Waals surface area contributed by atoms with Crippen LogP contribution in [0.4, 0.5) is 4.39 Å². The number of halogens is 1. The van der Waals surface area contributed by atoms with Gasteiger partial charge >= 0.3 is 0 Å². The molecule has 0 unspecified atom stereocenters. The summed E-state index contributed by atoms with van der Waals surface area (Å²) in [6, 6.07) is 4.30. The van der Waals surface area contributed by atoms with Gasteiger partial charge in [0, 0.05) is 6.07 Å². The lowest BCUT2D eigenvalue weighted by Crippen LogP contribution is -2.05. The van der Waals surface area contributed by atoms with Gasteiger partial charge in [-0.05, 0) is 30.5 Å². The minimum Gasteiger partial charge on any atom is -0.493 e. The van der Waals surface area contributed by atoms with Crippen LogP contribution < -0.4 is 4.74 Å². The first-order valence-corrected chi connectivity index (χ1v) is 5.10. The monoisotopic (exact) mass is 212 g/mol. The third-order valence-corrected chi connectivity index (χ3v) is 1.96. The normalized spacial score (nSPS) is 12.9. The average molecular weight is 212 g/mol. The summed E-state index contributed by atoms with van der Waals surface area (Å²) in [7, 11) is 0. The Morgan fingerprint density at radius 2 is 1.93 bits per heavy atom. The smallest absolute Gasteiger partial charge is 0.127 e. The number of aliphatic hydroxyl groups excluding tert-OH is 1. The van der Waals surface area contributed by atoms with Crippen molar-refractivity contribution in [1.82, 2.24) is 0 Å². The Morgan fingerprint density at radius 1 is 1.27 bits per heavy atom. The summed E-state index contributed by atoms with van der Waals surface area (Å²) in [6.45, 7) is 6.19. The van der Waals surface area contributed by atoms with Crippen molar-refractivity contribution in [2.24, 2.45) is 5.92 Å². The Labute approximate surface area is 89.7 Å². The Hall–Kier alpha value is -1.09. The first kappa shape index (κ1) is 12.0. The van der Waals surface area contributed by atoms with Gasteiger partial charge in [-0.3, -0.25) is 0 Å². The molecule has 1 N–H and O–H groups in total. The SMILES string of the molecule is CC(C)COc1cc(F)cc([C@H](C)O)c1. The number of ether oxygens (including phenoxy) is 1. The predicted molar refractivity (Wildman–Crippen MR) is 57.4 cm³/mol. The van der Waals surface area contributed by atoms with Crippen molar-refractivity contribution in [1.29, 1.82) is 0 Å². The van der Waals surface area contributed by atoms with Crippen LogP contribution in [0.1, 0.15) is 32.4 Å². The van der Waals surface area contributed by atoms with E-state index in [-0.39, 0.29) is 5.82 Å². The van der Waals surface area contributed by atoms with Crippen molar-refractivity contribution in [3.63, 3.8) is 0 Å². The minimum absolute atomic E-state index is 0.382. The third kappa shape index (κ3) is 3.88. The maximum absolute atomic E-state index is 13.1. The van der Waals surface area contributed by atoms with Gasteiger partial charge in [0.15, 0.2) is 0 Å². The minimum atomic E-state index is -0.679. The molecule has 0 amide bonds. The molecular weight excluding hydrogens is 195 g/mol. The summed E-state index contributed by atoms with van der Waals surface area (Å²) < 4.78 is 18.5. The summed E-state index contributed by atoms with van der Waals surface area (Å²) in [6.07, 6.45) is -0.679. The van der Waals surface area contributed by atoms with Gasteiger partial charge in [0.05, 0.1) is 12.7 Å². The standard InChI is InChI=1S/C12H17FO2/c1-8(2)7-15-12-5-10(9(3)14)4-11(13)6-12/h4-6,8-9,14H,7H2,1-3H3/t9-/m0/s1. The van der Waals surface area contributed by atoms with Gasteiger partial charge in [0.1, 0.15) is 11.6 Å². The number of aliphatic hydroxyl groups is 1. The highest BCUT2D eigenvalue weighted by Gasteiger charge is 2.06. The molecule has 0 radical (unpaired) electrons. The molecule has 0 spiro atoms. The number of rotatable bonds is 4. The Kier molecular flexibility index (Phi) is 4.09. The Bertz CT molecular complexity index is 321. The van der Waals surface area contributed by atoms with Gasteiger partial charge in [0.25, 0.3) is 0 Å². The Balaban J connectivity index is 2.79. The van der Waals surface area contributed by atoms with Crippen molar-refractivity contribution in [3.8, 4) is 5.75 Å². The molecule has 0 saturated heterocycles. The fraction of sp³-hybridized carbons (Fsp3) is 0.500. The van der Waals surface area contributed by atoms with Crippen LogP contribution in [-0.4, -0.2) is 11.7 Å². The fourth-order valence-corrected chi connectivity index (χ4v) is 1.17. The highest BCUT2D eigenvalue weighted by molar-refractivity contribution is 5.30. The van der Waals surface area contributed by atoms with E-state index >= 15 is 0 Å². The topological polar surface area (TPSA) is 29.5 Å². The van der Waals surface area contributed by atoms with Gasteiger partial charge in [-0.1, -0.05) is 13.8 Å². The molecular formula is C12H17FO2. The molecule has 84 valence electrons. The molecule has 0 aliphatic heterocycles. The first-order chi connectivity index (χ1) is 6.99. The average Bonchev–Trinajstić information content (AvgIpc) is 2.13. The maximum atomic E-state index is 13.1. The number of benzene rings is 1. The molecule has 0 heterocycles. The zero-order valence-electron chi connectivity index (χ0n) is 9.33. The summed E-state index contributed by atoms with van der Waals surface area (Å²) in [5.74, 6) is 0.482. The van der Waals surface area contributed by atoms with Crippen LogP contribution in [0.15, 0.2) is 18.2 Å². The van der Waals surface area contributed by atoms with Crippen LogP contribution in [0, 0.1) is 11.7 Å². The molecule has 1 atom stereocenters. The van der Waals surface area contributed by atoms with Gasteiger partial charge in [-0.2, -0.15) is 0 Å². The molecule has 0 aliphatic rings. The van der Waals surface area contributed by atoms with Gasteiger partial charge in [-0.25, -0.2) is 4.39 Å². The fourth-order valence-electron chi connectivity index (χ4n) is 1.17. The van der Waals surface area contributed by atoms with E-state index in [1.807, 2.05) is 13.8 Å². The van der Waals surface area contributed by atoms with E-state index < -0.39 is 6.10 Å². The zero-order valence-corrected chi connectivity index (χ0v) is 9.33. The van der Waals surface area contributed by atoms with E-state index in [4.69, 9.17) is 4.74 Å². The molecule has 15 heavy (non-hydrogen) atoms. The van der Waals surface area contributed by atoms with Crippen molar-refractivity contribution in [3.05, 3.63) is 29.6 Å². The van der Waals surface area contributed by atoms with Gasteiger partial charge < -0.3 is 9.84 Å². The Morgan fingerprint density at radius 3 is 2.47 bits per heavy atom. The third-order valence-electron chi connectivity index (χ3n) is 1.96. The molecule has 0 saturated carbocycles. The van der Waals surface area contributed by atoms with Crippen LogP contribution in [0.5, 0.6) is 5.75 Å². The number of hydrogen-bond acceptors (Lipinski definition) is 2. The van der Waals surface area contributed by atoms with Gasteiger partial charge in [-0.15, -0.1) is 0 Å². The second kappa shape index (κ2) is 5.12. The lowest BCUT2D eigenvalue weighted by atomic mass is 10.1. The summed E-state index contributed by atoms with van der Waals surface area (Å²) in [5, 5.41) is 9.33. The second-order valence-corrected chi connectivity index (χ2v) is 4.10. The molecule has 3 heteroatoms. The van der Waals surface area contributed by atoms with Crippen LogP contribution in [-0.2, 0) is 0 Å². The maximum Gasteiger partial charge on any atom is 0.127 e. The highest BCUT2D eigenvalue weighted by atomic mass is 19.1. The molecule has 1 rings (SSSR count). The second-order valence-electron chi connectivity index (χ2n) is 4.10. The largest absolute Gasteiger partial charge is 0.493 e. The molecule has 0 aliphatic carbocycles. The lowest BCUT2D eigenvalue weighted by molar-refractivity contribution is 0.197. The van der Waals surface area contributed by atoms with Gasteiger partial charge in [0.2, 0.25) is 0 Å².